The van der Waals surface area contributed by atoms with Crippen LogP contribution in [-0.4, -0.2) is 9.78 Å². The van der Waals surface area contributed by atoms with Gasteiger partial charge in [-0.15, -0.1) is 0 Å². The maximum atomic E-state index is 12.6. The van der Waals surface area contributed by atoms with Crippen molar-refractivity contribution in [3.05, 3.63) is 54.1 Å². The van der Waals surface area contributed by atoms with Crippen LogP contribution < -0.4 is 0 Å². The lowest BCUT2D eigenvalue weighted by molar-refractivity contribution is -0.137. The second-order valence-electron chi connectivity index (χ2n) is 4.56. The Hall–Kier alpha value is -2.30. The number of benzene rings is 2. The normalized spacial score (nSPS) is 12.0. The zero-order chi connectivity index (χ0) is 14.3. The molecule has 1 aromatic heterocycles. The Labute approximate surface area is 113 Å². The molecular weight excluding hydrogens is 265 g/mol. The molecule has 102 valence electrons. The Kier molecular flexibility index (Phi) is 2.78. The summed E-state index contributed by atoms with van der Waals surface area (Å²) < 4.78 is 39.4. The van der Waals surface area contributed by atoms with Crippen LogP contribution in [-0.2, 0) is 13.2 Å². The standard InChI is InChI=1S/C15H11F3N2/c1-20-13-5-3-2-4-12(13)14(19-20)10-6-8-11(9-7-10)15(16,17)18/h2-9H,1H3. The first kappa shape index (κ1) is 12.7. The highest BCUT2D eigenvalue weighted by Gasteiger charge is 2.30. The SMILES string of the molecule is Cn1nc(-c2ccc(C(F)(F)F)cc2)c2ccccc21. The van der Waals surface area contributed by atoms with Crippen LogP contribution in [0.5, 0.6) is 0 Å². The molecule has 0 bridgehead atoms. The number of hydrogen-bond donors (Lipinski definition) is 0. The zero-order valence-corrected chi connectivity index (χ0v) is 10.6. The van der Waals surface area contributed by atoms with E-state index in [1.165, 1.54) is 12.1 Å². The van der Waals surface area contributed by atoms with Crippen molar-refractivity contribution in [2.24, 2.45) is 7.05 Å². The fourth-order valence-corrected chi connectivity index (χ4v) is 2.24. The lowest BCUT2D eigenvalue weighted by atomic mass is 10.1. The van der Waals surface area contributed by atoms with Crippen LogP contribution in [0, 0.1) is 0 Å². The van der Waals surface area contributed by atoms with Crippen molar-refractivity contribution < 1.29 is 13.2 Å². The quantitative estimate of drug-likeness (QED) is 0.649. The van der Waals surface area contributed by atoms with Crippen LogP contribution in [0.4, 0.5) is 13.2 Å². The summed E-state index contributed by atoms with van der Waals surface area (Å²) >= 11 is 0. The highest BCUT2D eigenvalue weighted by molar-refractivity contribution is 5.93. The van der Waals surface area contributed by atoms with Crippen molar-refractivity contribution in [3.8, 4) is 11.3 Å². The number of nitrogens with zero attached hydrogens (tertiary/aromatic N) is 2. The third kappa shape index (κ3) is 2.05. The molecule has 2 nitrogen and oxygen atoms in total. The van der Waals surface area contributed by atoms with Gasteiger partial charge in [-0.05, 0) is 18.2 Å². The molecule has 0 aliphatic rings. The van der Waals surface area contributed by atoms with Gasteiger partial charge in [0, 0.05) is 18.0 Å². The van der Waals surface area contributed by atoms with Gasteiger partial charge in [0.25, 0.3) is 0 Å². The van der Waals surface area contributed by atoms with E-state index in [1.54, 1.807) is 4.68 Å². The van der Waals surface area contributed by atoms with Gasteiger partial charge in [0.1, 0.15) is 5.69 Å². The molecule has 20 heavy (non-hydrogen) atoms. The summed E-state index contributed by atoms with van der Waals surface area (Å²) in [5.74, 6) is 0. The van der Waals surface area contributed by atoms with Gasteiger partial charge in [0.15, 0.2) is 0 Å². The lowest BCUT2D eigenvalue weighted by Gasteiger charge is -2.06. The largest absolute Gasteiger partial charge is 0.416 e. The van der Waals surface area contributed by atoms with Crippen molar-refractivity contribution in [2.75, 3.05) is 0 Å². The number of fused-ring (bicyclic) bond motifs is 1. The van der Waals surface area contributed by atoms with Gasteiger partial charge in [-0.2, -0.15) is 18.3 Å². The lowest BCUT2D eigenvalue weighted by Crippen LogP contribution is -2.04. The fourth-order valence-electron chi connectivity index (χ4n) is 2.24. The summed E-state index contributed by atoms with van der Waals surface area (Å²) in [6, 6.07) is 12.7. The molecule has 3 aromatic rings. The van der Waals surface area contributed by atoms with Gasteiger partial charge in [-0.3, -0.25) is 4.68 Å². The van der Waals surface area contributed by atoms with E-state index in [0.29, 0.717) is 11.3 Å². The molecule has 0 saturated carbocycles. The monoisotopic (exact) mass is 276 g/mol. The highest BCUT2D eigenvalue weighted by Crippen LogP contribution is 2.32. The molecule has 0 N–H and O–H groups in total. The molecule has 2 aromatic carbocycles. The molecule has 1 heterocycles. The molecule has 0 atom stereocenters. The van der Waals surface area contributed by atoms with Crippen molar-refractivity contribution in [1.29, 1.82) is 0 Å². The first-order valence-corrected chi connectivity index (χ1v) is 6.06. The maximum Gasteiger partial charge on any atom is 0.416 e. The second kappa shape index (κ2) is 4.37. The number of hydrogen-bond acceptors (Lipinski definition) is 1. The number of rotatable bonds is 1. The van der Waals surface area contributed by atoms with Gasteiger partial charge in [0.05, 0.1) is 11.1 Å². The van der Waals surface area contributed by atoms with E-state index in [2.05, 4.69) is 5.10 Å². The molecular formula is C15H11F3N2. The molecule has 3 rings (SSSR count). The average Bonchev–Trinajstić information content (AvgIpc) is 2.76. The minimum absolute atomic E-state index is 0.651. The minimum Gasteiger partial charge on any atom is -0.267 e. The van der Waals surface area contributed by atoms with Gasteiger partial charge in [0.2, 0.25) is 0 Å². The summed E-state index contributed by atoms with van der Waals surface area (Å²) in [6.45, 7) is 0. The van der Waals surface area contributed by atoms with Crippen LogP contribution in [0.25, 0.3) is 22.2 Å². The summed E-state index contributed by atoms with van der Waals surface area (Å²) in [5, 5.41) is 5.31. The van der Waals surface area contributed by atoms with Gasteiger partial charge >= 0.3 is 6.18 Å². The molecule has 5 heteroatoms. The van der Waals surface area contributed by atoms with E-state index in [-0.39, 0.29) is 0 Å². The predicted molar refractivity (Wildman–Crippen MR) is 71.2 cm³/mol. The number of halogens is 3. The van der Waals surface area contributed by atoms with E-state index < -0.39 is 11.7 Å². The Morgan fingerprint density at radius 1 is 0.950 bits per heavy atom. The maximum absolute atomic E-state index is 12.6. The Bertz CT molecular complexity index is 755. The van der Waals surface area contributed by atoms with E-state index in [4.69, 9.17) is 0 Å². The average molecular weight is 276 g/mol. The molecule has 0 aliphatic carbocycles. The van der Waals surface area contributed by atoms with E-state index >= 15 is 0 Å². The molecule has 0 fully saturated rings. The molecule has 0 aliphatic heterocycles. The number of para-hydroxylation sites is 1. The predicted octanol–water partition coefficient (Wildman–Crippen LogP) is 4.26. The molecule has 0 radical (unpaired) electrons. The first-order valence-electron chi connectivity index (χ1n) is 6.06. The fraction of sp³-hybridized carbons (Fsp3) is 0.133. The third-order valence-electron chi connectivity index (χ3n) is 3.24. The Morgan fingerprint density at radius 2 is 1.60 bits per heavy atom. The van der Waals surface area contributed by atoms with E-state index in [0.717, 1.165) is 23.0 Å². The van der Waals surface area contributed by atoms with Crippen molar-refractivity contribution in [1.82, 2.24) is 9.78 Å². The molecule has 0 spiro atoms. The van der Waals surface area contributed by atoms with Crippen LogP contribution in [0.3, 0.4) is 0 Å². The van der Waals surface area contributed by atoms with Gasteiger partial charge in [-0.1, -0.05) is 30.3 Å². The van der Waals surface area contributed by atoms with Crippen molar-refractivity contribution >= 4 is 10.9 Å². The topological polar surface area (TPSA) is 17.8 Å². The van der Waals surface area contributed by atoms with Crippen molar-refractivity contribution in [2.45, 2.75) is 6.18 Å². The van der Waals surface area contributed by atoms with Crippen LogP contribution in [0.15, 0.2) is 48.5 Å². The third-order valence-corrected chi connectivity index (χ3v) is 3.24. The summed E-state index contributed by atoms with van der Waals surface area (Å²) in [6.07, 6.45) is -4.31. The smallest absolute Gasteiger partial charge is 0.267 e. The number of aromatic nitrogens is 2. The minimum atomic E-state index is -4.31. The Balaban J connectivity index is 2.12. The highest BCUT2D eigenvalue weighted by atomic mass is 19.4. The molecule has 0 amide bonds. The van der Waals surface area contributed by atoms with E-state index in [1.807, 2.05) is 31.3 Å². The molecule has 0 unspecified atom stereocenters. The van der Waals surface area contributed by atoms with Crippen LogP contribution in [0.1, 0.15) is 5.56 Å². The number of alkyl halides is 3. The molecule has 0 saturated heterocycles. The zero-order valence-electron chi connectivity index (χ0n) is 10.6. The van der Waals surface area contributed by atoms with Crippen LogP contribution >= 0.6 is 0 Å². The number of aryl methyl sites for hydroxylation is 1. The summed E-state index contributed by atoms with van der Waals surface area (Å²) in [4.78, 5) is 0. The Morgan fingerprint density at radius 3 is 2.25 bits per heavy atom. The summed E-state index contributed by atoms with van der Waals surface area (Å²) in [7, 11) is 1.82. The van der Waals surface area contributed by atoms with E-state index in [9.17, 15) is 13.2 Å². The van der Waals surface area contributed by atoms with Gasteiger partial charge in [-0.25, -0.2) is 0 Å². The van der Waals surface area contributed by atoms with Crippen molar-refractivity contribution in [3.63, 3.8) is 0 Å². The van der Waals surface area contributed by atoms with Crippen LogP contribution in [0.2, 0.25) is 0 Å². The van der Waals surface area contributed by atoms with Gasteiger partial charge < -0.3 is 0 Å². The first-order chi connectivity index (χ1) is 9.47. The second-order valence-corrected chi connectivity index (χ2v) is 4.56. The summed E-state index contributed by atoms with van der Waals surface area (Å²) in [5.41, 5.74) is 1.66.